The largest absolute Gasteiger partial charge is 0.360 e. The number of carbonyl (C=O) groups is 2. The Kier molecular flexibility index (Phi) is 5.68. The van der Waals surface area contributed by atoms with Gasteiger partial charge in [0.25, 0.3) is 11.7 Å². The van der Waals surface area contributed by atoms with Gasteiger partial charge in [-0.2, -0.15) is 0 Å². The van der Waals surface area contributed by atoms with Crippen LogP contribution in [0.15, 0.2) is 30.5 Å². The van der Waals surface area contributed by atoms with Crippen LogP contribution in [0.1, 0.15) is 24.2 Å². The Balaban J connectivity index is 2.01. The molecule has 0 radical (unpaired) electrons. The van der Waals surface area contributed by atoms with Crippen LogP contribution < -0.4 is 5.32 Å². The lowest BCUT2D eigenvalue weighted by Gasteiger charge is -2.16. The zero-order valence-electron chi connectivity index (χ0n) is 12.7. The summed E-state index contributed by atoms with van der Waals surface area (Å²) in [5, 5.41) is 3.28. The van der Waals surface area contributed by atoms with Crippen molar-refractivity contribution in [1.82, 2.24) is 10.3 Å². The van der Waals surface area contributed by atoms with Gasteiger partial charge in [-0.1, -0.05) is 18.2 Å². The summed E-state index contributed by atoms with van der Waals surface area (Å²) in [5.74, 6) is -1.25. The molecule has 0 unspecified atom stereocenters. The molecule has 2 aromatic rings. The van der Waals surface area contributed by atoms with Crippen LogP contribution in [0.25, 0.3) is 10.9 Å². The van der Waals surface area contributed by atoms with Gasteiger partial charge < -0.3 is 19.8 Å². The number of hydrogen-bond acceptors (Lipinski definition) is 4. The van der Waals surface area contributed by atoms with Crippen LogP contribution in [-0.2, 0) is 14.3 Å². The molecule has 0 saturated carbocycles. The van der Waals surface area contributed by atoms with Crippen molar-refractivity contribution in [2.45, 2.75) is 20.1 Å². The van der Waals surface area contributed by atoms with Gasteiger partial charge in [-0.15, -0.1) is 0 Å². The third-order valence-corrected chi connectivity index (χ3v) is 3.17. The minimum Gasteiger partial charge on any atom is -0.360 e. The first-order valence-corrected chi connectivity index (χ1v) is 7.29. The van der Waals surface area contributed by atoms with E-state index < -0.39 is 18.0 Å². The number of benzene rings is 1. The molecule has 0 atom stereocenters. The monoisotopic (exact) mass is 304 g/mol. The van der Waals surface area contributed by atoms with Gasteiger partial charge in [-0.3, -0.25) is 9.59 Å². The quantitative estimate of drug-likeness (QED) is 0.443. The topological polar surface area (TPSA) is 80.4 Å². The van der Waals surface area contributed by atoms with Gasteiger partial charge in [0.15, 0.2) is 6.29 Å². The van der Waals surface area contributed by atoms with Crippen molar-refractivity contribution in [2.24, 2.45) is 0 Å². The van der Waals surface area contributed by atoms with Crippen LogP contribution >= 0.6 is 0 Å². The summed E-state index contributed by atoms with van der Waals surface area (Å²) in [6.45, 7) is 4.75. The van der Waals surface area contributed by atoms with Gasteiger partial charge in [0.05, 0.1) is 12.1 Å². The normalized spacial score (nSPS) is 11.0. The van der Waals surface area contributed by atoms with E-state index in [9.17, 15) is 9.59 Å². The van der Waals surface area contributed by atoms with Gasteiger partial charge >= 0.3 is 0 Å². The number of carbonyl (C=O) groups excluding carboxylic acids is 2. The predicted octanol–water partition coefficient (Wildman–Crippen LogP) is 1.87. The molecule has 1 aromatic carbocycles. The van der Waals surface area contributed by atoms with Gasteiger partial charge in [0, 0.05) is 30.3 Å². The Morgan fingerprint density at radius 2 is 1.86 bits per heavy atom. The summed E-state index contributed by atoms with van der Waals surface area (Å²) >= 11 is 0. The molecule has 0 fully saturated rings. The number of aromatic amines is 1. The number of hydrogen-bond donors (Lipinski definition) is 2. The summed E-state index contributed by atoms with van der Waals surface area (Å²) in [4.78, 5) is 27.2. The summed E-state index contributed by atoms with van der Waals surface area (Å²) in [5.41, 5.74) is 1.18. The zero-order valence-corrected chi connectivity index (χ0v) is 12.7. The molecule has 1 heterocycles. The minimum atomic E-state index is -0.672. The SMILES string of the molecule is CCOC(CNC(=O)C(=O)c1c[nH]c2ccccc12)OCC. The fourth-order valence-corrected chi connectivity index (χ4v) is 2.18. The Morgan fingerprint density at radius 3 is 2.55 bits per heavy atom. The average molecular weight is 304 g/mol. The second kappa shape index (κ2) is 7.72. The molecular weight excluding hydrogens is 284 g/mol. The molecule has 6 nitrogen and oxygen atoms in total. The number of Topliss-reactive ketones (excluding diaryl/α,β-unsaturated/α-hetero) is 1. The Labute approximate surface area is 128 Å². The molecule has 0 saturated heterocycles. The fourth-order valence-electron chi connectivity index (χ4n) is 2.18. The number of amides is 1. The van der Waals surface area contributed by atoms with Crippen molar-refractivity contribution < 1.29 is 19.1 Å². The number of para-hydroxylation sites is 1. The van der Waals surface area contributed by atoms with E-state index >= 15 is 0 Å². The molecule has 118 valence electrons. The number of ether oxygens (including phenoxy) is 2. The number of aromatic nitrogens is 1. The van der Waals surface area contributed by atoms with E-state index in [0.717, 1.165) is 10.9 Å². The van der Waals surface area contributed by atoms with Gasteiger partial charge in [0.1, 0.15) is 0 Å². The summed E-state index contributed by atoms with van der Waals surface area (Å²) < 4.78 is 10.6. The van der Waals surface area contributed by atoms with Crippen molar-refractivity contribution in [3.8, 4) is 0 Å². The Bertz CT molecular complexity index is 644. The van der Waals surface area contributed by atoms with Crippen LogP contribution in [0.5, 0.6) is 0 Å². The first kappa shape index (κ1) is 16.2. The Morgan fingerprint density at radius 1 is 1.18 bits per heavy atom. The van der Waals surface area contributed by atoms with Crippen molar-refractivity contribution in [1.29, 1.82) is 0 Å². The fraction of sp³-hybridized carbons (Fsp3) is 0.375. The highest BCUT2D eigenvalue weighted by Gasteiger charge is 2.20. The average Bonchev–Trinajstić information content (AvgIpc) is 2.96. The van der Waals surface area contributed by atoms with Crippen molar-refractivity contribution >= 4 is 22.6 Å². The highest BCUT2D eigenvalue weighted by Crippen LogP contribution is 2.18. The van der Waals surface area contributed by atoms with E-state index in [2.05, 4.69) is 10.3 Å². The summed E-state index contributed by atoms with van der Waals surface area (Å²) in [6, 6.07) is 7.34. The van der Waals surface area contributed by atoms with Crippen molar-refractivity contribution in [2.75, 3.05) is 19.8 Å². The third kappa shape index (κ3) is 3.72. The van der Waals surface area contributed by atoms with Gasteiger partial charge in [-0.25, -0.2) is 0 Å². The number of ketones is 1. The second-order valence-corrected chi connectivity index (χ2v) is 4.63. The molecule has 0 aliphatic rings. The molecule has 6 heteroatoms. The summed E-state index contributed by atoms with van der Waals surface area (Å²) in [7, 11) is 0. The lowest BCUT2D eigenvalue weighted by Crippen LogP contribution is -2.38. The lowest BCUT2D eigenvalue weighted by molar-refractivity contribution is -0.138. The van der Waals surface area contributed by atoms with E-state index in [0.29, 0.717) is 18.8 Å². The Hall–Kier alpha value is -2.18. The van der Waals surface area contributed by atoms with Crippen LogP contribution in [0, 0.1) is 0 Å². The number of rotatable bonds is 8. The zero-order chi connectivity index (χ0) is 15.9. The molecule has 22 heavy (non-hydrogen) atoms. The molecule has 1 aromatic heterocycles. The van der Waals surface area contributed by atoms with E-state index in [4.69, 9.17) is 9.47 Å². The van der Waals surface area contributed by atoms with Gasteiger partial charge in [0.2, 0.25) is 0 Å². The van der Waals surface area contributed by atoms with E-state index in [1.807, 2.05) is 32.0 Å². The first-order chi connectivity index (χ1) is 10.7. The molecule has 0 aliphatic heterocycles. The number of fused-ring (bicyclic) bond motifs is 1. The molecule has 0 aliphatic carbocycles. The standard InChI is InChI=1S/C16H20N2O4/c1-3-21-14(22-4-2)10-18-16(20)15(19)12-9-17-13-8-6-5-7-11(12)13/h5-9,14,17H,3-4,10H2,1-2H3,(H,18,20). The second-order valence-electron chi connectivity index (χ2n) is 4.63. The molecule has 0 spiro atoms. The van der Waals surface area contributed by atoms with Gasteiger partial charge in [-0.05, 0) is 19.9 Å². The van der Waals surface area contributed by atoms with Crippen molar-refractivity contribution in [3.63, 3.8) is 0 Å². The first-order valence-electron chi connectivity index (χ1n) is 7.29. The van der Waals surface area contributed by atoms with Crippen molar-refractivity contribution in [3.05, 3.63) is 36.0 Å². The maximum Gasteiger partial charge on any atom is 0.292 e. The molecule has 1 amide bonds. The molecule has 2 N–H and O–H groups in total. The molecule has 2 rings (SSSR count). The predicted molar refractivity (Wildman–Crippen MR) is 82.7 cm³/mol. The van der Waals surface area contributed by atoms with Crippen LogP contribution in [0.4, 0.5) is 0 Å². The maximum absolute atomic E-state index is 12.2. The lowest BCUT2D eigenvalue weighted by atomic mass is 10.1. The molecule has 0 bridgehead atoms. The van der Waals surface area contributed by atoms with Crippen LogP contribution in [-0.4, -0.2) is 42.7 Å². The van der Waals surface area contributed by atoms with E-state index in [-0.39, 0.29) is 6.54 Å². The van der Waals surface area contributed by atoms with Crippen LogP contribution in [0.3, 0.4) is 0 Å². The molecular formula is C16H20N2O4. The van der Waals surface area contributed by atoms with E-state index in [1.54, 1.807) is 12.3 Å². The highest BCUT2D eigenvalue weighted by molar-refractivity contribution is 6.44. The smallest absolute Gasteiger partial charge is 0.292 e. The summed E-state index contributed by atoms with van der Waals surface area (Å²) in [6.07, 6.45) is 1.00. The van der Waals surface area contributed by atoms with E-state index in [1.165, 1.54) is 0 Å². The third-order valence-electron chi connectivity index (χ3n) is 3.17. The van der Waals surface area contributed by atoms with Crippen LogP contribution in [0.2, 0.25) is 0 Å². The maximum atomic E-state index is 12.2. The minimum absolute atomic E-state index is 0.134. The number of nitrogens with one attached hydrogen (secondary N) is 2. The number of H-pyrrole nitrogens is 1. The highest BCUT2D eigenvalue weighted by atomic mass is 16.7.